The number of hydrogen-bond acceptors (Lipinski definition) is 3. The number of benzene rings is 1. The van der Waals surface area contributed by atoms with Crippen LogP contribution in [-0.2, 0) is 4.79 Å². The maximum atomic E-state index is 11.9. The van der Waals surface area contributed by atoms with Gasteiger partial charge in [0.05, 0.1) is 6.54 Å². The Morgan fingerprint density at radius 2 is 1.84 bits per heavy atom. The largest absolute Gasteiger partial charge is 0.358 e. The minimum absolute atomic E-state index is 0.125. The molecule has 0 unspecified atom stereocenters. The Kier molecular flexibility index (Phi) is 7.18. The first-order valence-electron chi connectivity index (χ1n) is 8.66. The lowest BCUT2D eigenvalue weighted by molar-refractivity contribution is -0.120. The van der Waals surface area contributed by atoms with Gasteiger partial charge in [0, 0.05) is 11.6 Å². The first kappa shape index (κ1) is 19.2. The Labute approximate surface area is 154 Å². The van der Waals surface area contributed by atoms with Gasteiger partial charge in [-0.2, -0.15) is 0 Å². The lowest BCUT2D eigenvalue weighted by atomic mass is 9.78. The average Bonchev–Trinajstić information content (AvgIpc) is 2.62. The summed E-state index contributed by atoms with van der Waals surface area (Å²) < 4.78 is 0. The van der Waals surface area contributed by atoms with Gasteiger partial charge >= 0.3 is 0 Å². The smallest absolute Gasteiger partial charge is 0.257 e. The van der Waals surface area contributed by atoms with E-state index in [4.69, 9.17) is 12.2 Å². The van der Waals surface area contributed by atoms with Crippen molar-refractivity contribution in [2.75, 3.05) is 6.54 Å². The van der Waals surface area contributed by atoms with Crippen LogP contribution in [0.2, 0.25) is 0 Å². The monoisotopic (exact) mass is 362 g/mol. The predicted molar refractivity (Wildman–Crippen MR) is 102 cm³/mol. The molecule has 0 radical (unpaired) electrons. The van der Waals surface area contributed by atoms with E-state index in [0.29, 0.717) is 28.6 Å². The van der Waals surface area contributed by atoms with Crippen molar-refractivity contribution < 1.29 is 9.59 Å². The third kappa shape index (κ3) is 6.01. The lowest BCUT2D eigenvalue weighted by Gasteiger charge is -2.35. The summed E-state index contributed by atoms with van der Waals surface area (Å²) in [7, 11) is 0. The fourth-order valence-corrected chi connectivity index (χ4v) is 3.22. The zero-order valence-corrected chi connectivity index (χ0v) is 15.5. The molecule has 1 aliphatic rings. The molecule has 1 aromatic carbocycles. The summed E-state index contributed by atoms with van der Waals surface area (Å²) in [6.45, 7) is 4.36. The molecular weight excluding hydrogens is 336 g/mol. The van der Waals surface area contributed by atoms with Gasteiger partial charge in [0.15, 0.2) is 5.11 Å². The van der Waals surface area contributed by atoms with Crippen molar-refractivity contribution in [2.45, 2.75) is 39.2 Å². The summed E-state index contributed by atoms with van der Waals surface area (Å²) in [5, 5.41) is 6.22. The molecule has 4 N–H and O–H groups in total. The van der Waals surface area contributed by atoms with Crippen molar-refractivity contribution in [3.63, 3.8) is 0 Å². The Morgan fingerprint density at radius 3 is 2.56 bits per heavy atom. The van der Waals surface area contributed by atoms with Gasteiger partial charge in [-0.25, -0.2) is 0 Å². The summed E-state index contributed by atoms with van der Waals surface area (Å²) in [5.41, 5.74) is 5.71. The van der Waals surface area contributed by atoms with Crippen LogP contribution < -0.4 is 21.5 Å². The van der Waals surface area contributed by atoms with E-state index in [-0.39, 0.29) is 18.4 Å². The summed E-state index contributed by atoms with van der Waals surface area (Å²) in [6.07, 6.45) is 3.51. The zero-order valence-electron chi connectivity index (χ0n) is 14.7. The molecule has 0 aromatic heterocycles. The van der Waals surface area contributed by atoms with Crippen LogP contribution in [-0.4, -0.2) is 29.5 Å². The Balaban J connectivity index is 1.67. The maximum Gasteiger partial charge on any atom is 0.257 e. The van der Waals surface area contributed by atoms with Gasteiger partial charge in [-0.1, -0.05) is 44.9 Å². The molecule has 6 nitrogen and oxygen atoms in total. The standard InChI is InChI=1S/C18H26N4O2S/c1-12-7-6-10-15(13(12)2)20-18(25)22-21-16(23)11-19-17(24)14-8-4-3-5-9-14/h3-5,8-9,12-13,15H,6-7,10-11H2,1-2H3,(H,19,24)(H,21,23)(H2,20,22,25)/t12-,13-,15-/m1/s1. The van der Waals surface area contributed by atoms with Crippen LogP contribution in [0, 0.1) is 11.8 Å². The van der Waals surface area contributed by atoms with Crippen molar-refractivity contribution >= 4 is 29.1 Å². The summed E-state index contributed by atoms with van der Waals surface area (Å²) in [4.78, 5) is 23.7. The normalized spacial score (nSPS) is 22.6. The van der Waals surface area contributed by atoms with Gasteiger partial charge in [0.2, 0.25) is 0 Å². The minimum Gasteiger partial charge on any atom is -0.358 e. The molecule has 1 saturated carbocycles. The van der Waals surface area contributed by atoms with Gasteiger partial charge < -0.3 is 10.6 Å². The number of nitrogens with one attached hydrogen (secondary N) is 4. The first-order chi connectivity index (χ1) is 12.0. The number of hydrogen-bond donors (Lipinski definition) is 4. The van der Waals surface area contributed by atoms with E-state index >= 15 is 0 Å². The van der Waals surface area contributed by atoms with Crippen LogP contribution in [0.1, 0.15) is 43.5 Å². The highest BCUT2D eigenvalue weighted by atomic mass is 32.1. The Hall–Kier alpha value is -2.15. The fourth-order valence-electron chi connectivity index (χ4n) is 3.01. The van der Waals surface area contributed by atoms with E-state index < -0.39 is 0 Å². The molecule has 136 valence electrons. The molecule has 1 aliphatic carbocycles. The topological polar surface area (TPSA) is 82.3 Å². The van der Waals surface area contributed by atoms with Crippen LogP contribution in [0.4, 0.5) is 0 Å². The van der Waals surface area contributed by atoms with Crippen LogP contribution in [0.5, 0.6) is 0 Å². The van der Waals surface area contributed by atoms with Gasteiger partial charge in [0.25, 0.3) is 11.8 Å². The third-order valence-electron chi connectivity index (χ3n) is 4.78. The van der Waals surface area contributed by atoms with E-state index in [1.807, 2.05) is 6.07 Å². The summed E-state index contributed by atoms with van der Waals surface area (Å²) in [5.74, 6) is 0.547. The molecule has 2 rings (SSSR count). The third-order valence-corrected chi connectivity index (χ3v) is 5.00. The van der Waals surface area contributed by atoms with E-state index in [0.717, 1.165) is 6.42 Å². The first-order valence-corrected chi connectivity index (χ1v) is 9.06. The van der Waals surface area contributed by atoms with Crippen molar-refractivity contribution in [1.82, 2.24) is 21.5 Å². The molecule has 7 heteroatoms. The minimum atomic E-state index is -0.363. The van der Waals surface area contributed by atoms with E-state index in [1.54, 1.807) is 24.3 Å². The summed E-state index contributed by atoms with van der Waals surface area (Å²) in [6, 6.07) is 9.07. The highest BCUT2D eigenvalue weighted by molar-refractivity contribution is 7.80. The second-order valence-corrected chi connectivity index (χ2v) is 6.98. The van der Waals surface area contributed by atoms with Crippen molar-refractivity contribution in [3.8, 4) is 0 Å². The summed E-state index contributed by atoms with van der Waals surface area (Å²) >= 11 is 5.23. The quantitative estimate of drug-likeness (QED) is 0.484. The molecule has 3 atom stereocenters. The van der Waals surface area contributed by atoms with E-state index in [1.165, 1.54) is 12.8 Å². The molecule has 1 fully saturated rings. The van der Waals surface area contributed by atoms with Gasteiger partial charge in [-0.3, -0.25) is 20.4 Å². The maximum absolute atomic E-state index is 11.9. The number of carbonyl (C=O) groups is 2. The highest BCUT2D eigenvalue weighted by Gasteiger charge is 2.27. The second kappa shape index (κ2) is 9.36. The lowest BCUT2D eigenvalue weighted by Crippen LogP contribution is -2.53. The molecule has 0 spiro atoms. The number of hydrazine groups is 1. The molecule has 0 bridgehead atoms. The predicted octanol–water partition coefficient (Wildman–Crippen LogP) is 1.74. The van der Waals surface area contributed by atoms with E-state index in [2.05, 4.69) is 35.3 Å². The molecule has 2 amide bonds. The van der Waals surface area contributed by atoms with Crippen LogP contribution in [0.25, 0.3) is 0 Å². The molecule has 0 aliphatic heterocycles. The number of carbonyl (C=O) groups excluding carboxylic acids is 2. The zero-order chi connectivity index (χ0) is 18.2. The van der Waals surface area contributed by atoms with Gasteiger partial charge in [-0.05, 0) is 42.6 Å². The number of thiocarbonyl (C=S) groups is 1. The van der Waals surface area contributed by atoms with Crippen molar-refractivity contribution in [3.05, 3.63) is 35.9 Å². The average molecular weight is 362 g/mol. The molecule has 1 aromatic rings. The SMILES string of the molecule is C[C@@H]1[C@H](C)CCC[C@H]1NC(=S)NNC(=O)CNC(=O)c1ccccc1. The Bertz CT molecular complexity index is 608. The van der Waals surface area contributed by atoms with Crippen molar-refractivity contribution in [2.24, 2.45) is 11.8 Å². The molecular formula is C18H26N4O2S. The molecule has 0 heterocycles. The molecule has 25 heavy (non-hydrogen) atoms. The number of rotatable bonds is 4. The van der Waals surface area contributed by atoms with E-state index in [9.17, 15) is 9.59 Å². The van der Waals surface area contributed by atoms with Crippen LogP contribution in [0.3, 0.4) is 0 Å². The Morgan fingerprint density at radius 1 is 1.12 bits per heavy atom. The van der Waals surface area contributed by atoms with Crippen LogP contribution in [0.15, 0.2) is 30.3 Å². The van der Waals surface area contributed by atoms with Crippen molar-refractivity contribution in [1.29, 1.82) is 0 Å². The van der Waals surface area contributed by atoms with Gasteiger partial charge in [0.1, 0.15) is 0 Å². The van der Waals surface area contributed by atoms with Crippen LogP contribution >= 0.6 is 12.2 Å². The highest BCUT2D eigenvalue weighted by Crippen LogP contribution is 2.29. The van der Waals surface area contributed by atoms with Gasteiger partial charge in [-0.15, -0.1) is 0 Å². The number of amides is 2. The second-order valence-electron chi connectivity index (χ2n) is 6.57. The fraction of sp³-hybridized carbons (Fsp3) is 0.500. The molecule has 0 saturated heterocycles.